The zero-order valence-electron chi connectivity index (χ0n) is 10.3. The fraction of sp³-hybridized carbons (Fsp3) is 0.462. The summed E-state index contributed by atoms with van der Waals surface area (Å²) >= 11 is 2.03. The van der Waals surface area contributed by atoms with Gasteiger partial charge in [-0.15, -0.1) is 0 Å². The van der Waals surface area contributed by atoms with Crippen LogP contribution in [-0.2, 0) is 0 Å². The summed E-state index contributed by atoms with van der Waals surface area (Å²) in [6, 6.07) is 5.26. The third kappa shape index (κ3) is 3.35. The predicted octanol–water partition coefficient (Wildman–Crippen LogP) is 1.82. The zero-order valence-corrected chi connectivity index (χ0v) is 12.5. The van der Waals surface area contributed by atoms with Crippen molar-refractivity contribution in [2.24, 2.45) is 0 Å². The number of likely N-dealkylation sites (tertiary alicyclic amines) is 1. The minimum Gasteiger partial charge on any atom is -0.507 e. The quantitative estimate of drug-likeness (QED) is 0.792. The van der Waals surface area contributed by atoms with Gasteiger partial charge in [-0.25, -0.2) is 0 Å². The highest BCUT2D eigenvalue weighted by Gasteiger charge is 2.19. The maximum Gasteiger partial charge on any atom is 0.251 e. The first-order valence-electron chi connectivity index (χ1n) is 6.04. The van der Waals surface area contributed by atoms with E-state index in [1.54, 1.807) is 12.1 Å². The zero-order chi connectivity index (χ0) is 13.1. The fourth-order valence-corrected chi connectivity index (χ4v) is 2.41. The number of phenolic OH excluding ortho intramolecular Hbond substituents is 1. The number of hydrogen-bond acceptors (Lipinski definition) is 3. The molecule has 1 aromatic rings. The molecule has 98 valence electrons. The molecule has 1 fully saturated rings. The van der Waals surface area contributed by atoms with Gasteiger partial charge >= 0.3 is 0 Å². The number of nitrogens with zero attached hydrogens (tertiary/aromatic N) is 1. The van der Waals surface area contributed by atoms with Gasteiger partial charge in [-0.05, 0) is 73.8 Å². The van der Waals surface area contributed by atoms with E-state index in [-0.39, 0.29) is 17.7 Å². The summed E-state index contributed by atoms with van der Waals surface area (Å²) in [7, 11) is 2.09. The summed E-state index contributed by atoms with van der Waals surface area (Å²) in [4.78, 5) is 14.3. The minimum atomic E-state index is -0.101. The second-order valence-corrected chi connectivity index (χ2v) is 5.88. The first-order valence-corrected chi connectivity index (χ1v) is 7.12. The van der Waals surface area contributed by atoms with Crippen LogP contribution in [0.3, 0.4) is 0 Å². The van der Waals surface area contributed by atoms with Crippen molar-refractivity contribution in [3.8, 4) is 5.75 Å². The largest absolute Gasteiger partial charge is 0.507 e. The summed E-state index contributed by atoms with van der Waals surface area (Å²) < 4.78 is 0.753. The van der Waals surface area contributed by atoms with Crippen molar-refractivity contribution in [2.45, 2.75) is 18.9 Å². The number of phenols is 1. The molecule has 5 heteroatoms. The summed E-state index contributed by atoms with van der Waals surface area (Å²) in [5.74, 6) is 0.0582. The molecule has 0 aromatic heterocycles. The molecule has 1 aromatic carbocycles. The molecule has 4 nitrogen and oxygen atoms in total. The number of carbonyl (C=O) groups is 1. The van der Waals surface area contributed by atoms with Crippen LogP contribution in [0.5, 0.6) is 5.75 Å². The van der Waals surface area contributed by atoms with Crippen molar-refractivity contribution in [3.05, 3.63) is 27.3 Å². The number of nitrogens with one attached hydrogen (secondary N) is 1. The highest BCUT2D eigenvalue weighted by Crippen LogP contribution is 2.20. The van der Waals surface area contributed by atoms with Crippen LogP contribution >= 0.6 is 22.6 Å². The Hall–Kier alpha value is -0.820. The molecule has 1 aliphatic heterocycles. The van der Waals surface area contributed by atoms with Crippen molar-refractivity contribution in [1.29, 1.82) is 0 Å². The van der Waals surface area contributed by atoms with Gasteiger partial charge in [0.1, 0.15) is 5.75 Å². The van der Waals surface area contributed by atoms with Gasteiger partial charge in [0.15, 0.2) is 0 Å². The number of hydrogen-bond donors (Lipinski definition) is 2. The van der Waals surface area contributed by atoms with Crippen molar-refractivity contribution in [3.63, 3.8) is 0 Å². The molecule has 2 N–H and O–H groups in total. The predicted molar refractivity (Wildman–Crippen MR) is 78.8 cm³/mol. The maximum atomic E-state index is 12.0. The van der Waals surface area contributed by atoms with Crippen LogP contribution in [0.15, 0.2) is 18.2 Å². The lowest BCUT2D eigenvalue weighted by Gasteiger charge is -2.29. The van der Waals surface area contributed by atoms with E-state index in [9.17, 15) is 9.90 Å². The van der Waals surface area contributed by atoms with E-state index in [2.05, 4.69) is 17.3 Å². The number of benzene rings is 1. The van der Waals surface area contributed by atoms with Gasteiger partial charge in [0.05, 0.1) is 3.57 Å². The average Bonchev–Trinajstić information content (AvgIpc) is 2.35. The van der Waals surface area contributed by atoms with E-state index < -0.39 is 0 Å². The lowest BCUT2D eigenvalue weighted by atomic mass is 10.0. The molecule has 2 rings (SSSR count). The highest BCUT2D eigenvalue weighted by atomic mass is 127. The van der Waals surface area contributed by atoms with Crippen LogP contribution in [0.25, 0.3) is 0 Å². The molecule has 0 aliphatic carbocycles. The number of halogens is 1. The van der Waals surface area contributed by atoms with Gasteiger partial charge in [-0.1, -0.05) is 0 Å². The number of piperidine rings is 1. The summed E-state index contributed by atoms with van der Waals surface area (Å²) in [5.41, 5.74) is 0.520. The Balaban J connectivity index is 1.97. The van der Waals surface area contributed by atoms with Gasteiger partial charge in [-0.3, -0.25) is 4.79 Å². The Morgan fingerprint density at radius 2 is 2.11 bits per heavy atom. The maximum absolute atomic E-state index is 12.0. The minimum absolute atomic E-state index is 0.101. The Kier molecular flexibility index (Phi) is 4.45. The van der Waals surface area contributed by atoms with E-state index in [1.807, 2.05) is 22.6 Å². The molecule has 1 heterocycles. The second kappa shape index (κ2) is 5.88. The molecule has 0 saturated carbocycles. The number of amides is 1. The Labute approximate surface area is 121 Å². The van der Waals surface area contributed by atoms with E-state index in [0.717, 1.165) is 29.5 Å². The Morgan fingerprint density at radius 3 is 2.72 bits per heavy atom. The average molecular weight is 360 g/mol. The number of aromatic hydroxyl groups is 1. The molecular weight excluding hydrogens is 343 g/mol. The molecule has 0 spiro atoms. The monoisotopic (exact) mass is 360 g/mol. The number of carbonyl (C=O) groups excluding carboxylic acids is 1. The number of rotatable bonds is 2. The van der Waals surface area contributed by atoms with Crippen LogP contribution in [0.4, 0.5) is 0 Å². The first kappa shape index (κ1) is 13.6. The SMILES string of the molecule is CN1CCC(NC(=O)c2ccc(I)c(O)c2)CC1. The molecule has 0 unspecified atom stereocenters. The second-order valence-electron chi connectivity index (χ2n) is 4.72. The fourth-order valence-electron chi connectivity index (χ4n) is 2.08. The molecule has 1 amide bonds. The summed E-state index contributed by atoms with van der Waals surface area (Å²) in [5, 5.41) is 12.6. The van der Waals surface area contributed by atoms with E-state index in [1.165, 1.54) is 6.07 Å². The van der Waals surface area contributed by atoms with Gasteiger partial charge < -0.3 is 15.3 Å². The van der Waals surface area contributed by atoms with Crippen LogP contribution in [0, 0.1) is 3.57 Å². The molecule has 1 aliphatic rings. The third-order valence-electron chi connectivity index (χ3n) is 3.26. The molecule has 1 saturated heterocycles. The van der Waals surface area contributed by atoms with Gasteiger partial charge in [-0.2, -0.15) is 0 Å². The third-order valence-corrected chi connectivity index (χ3v) is 4.17. The molecule has 0 atom stereocenters. The summed E-state index contributed by atoms with van der Waals surface area (Å²) in [6.45, 7) is 2.03. The highest BCUT2D eigenvalue weighted by molar-refractivity contribution is 14.1. The van der Waals surface area contributed by atoms with Gasteiger partial charge in [0.2, 0.25) is 0 Å². The van der Waals surface area contributed by atoms with Crippen LogP contribution in [0.1, 0.15) is 23.2 Å². The van der Waals surface area contributed by atoms with E-state index in [4.69, 9.17) is 0 Å². The van der Waals surface area contributed by atoms with Crippen molar-refractivity contribution >= 4 is 28.5 Å². The van der Waals surface area contributed by atoms with E-state index >= 15 is 0 Å². The van der Waals surface area contributed by atoms with Gasteiger partial charge in [0.25, 0.3) is 5.91 Å². The normalized spacial score (nSPS) is 17.7. The van der Waals surface area contributed by atoms with Crippen LogP contribution in [0.2, 0.25) is 0 Å². The van der Waals surface area contributed by atoms with Gasteiger partial charge in [0, 0.05) is 11.6 Å². The molecule has 0 bridgehead atoms. The van der Waals surface area contributed by atoms with Crippen molar-refractivity contribution in [1.82, 2.24) is 10.2 Å². The molecular formula is C13H17IN2O2. The van der Waals surface area contributed by atoms with Crippen LogP contribution in [-0.4, -0.2) is 42.1 Å². The lowest BCUT2D eigenvalue weighted by Crippen LogP contribution is -2.43. The smallest absolute Gasteiger partial charge is 0.251 e. The van der Waals surface area contributed by atoms with E-state index in [0.29, 0.717) is 5.56 Å². The molecule has 18 heavy (non-hydrogen) atoms. The lowest BCUT2D eigenvalue weighted by molar-refractivity contribution is 0.0916. The van der Waals surface area contributed by atoms with Crippen LogP contribution < -0.4 is 5.32 Å². The standard InChI is InChI=1S/C13H17IN2O2/c1-16-6-4-10(5-7-16)15-13(18)9-2-3-11(14)12(17)8-9/h2-3,8,10,17H,4-7H2,1H3,(H,15,18). The van der Waals surface area contributed by atoms with Crippen molar-refractivity contribution < 1.29 is 9.90 Å². The topological polar surface area (TPSA) is 52.6 Å². The Bertz CT molecular complexity index is 443. The Morgan fingerprint density at radius 1 is 1.44 bits per heavy atom. The van der Waals surface area contributed by atoms with Crippen molar-refractivity contribution in [2.75, 3.05) is 20.1 Å². The molecule has 0 radical (unpaired) electrons. The first-order chi connectivity index (χ1) is 8.56. The summed E-state index contributed by atoms with van der Waals surface area (Å²) in [6.07, 6.45) is 1.97.